The van der Waals surface area contributed by atoms with Crippen LogP contribution in [-0.2, 0) is 0 Å². The van der Waals surface area contributed by atoms with E-state index in [0.29, 0.717) is 5.92 Å². The SMILES string of the molecule is CCC(C)C1CNC(C(C)(C)C)CN1CC(F)F. The van der Waals surface area contributed by atoms with Gasteiger partial charge in [-0.05, 0) is 11.3 Å². The van der Waals surface area contributed by atoms with E-state index in [4.69, 9.17) is 0 Å². The summed E-state index contributed by atoms with van der Waals surface area (Å²) in [5, 5.41) is 3.54. The van der Waals surface area contributed by atoms with Crippen LogP contribution in [0, 0.1) is 11.3 Å². The second-order valence-electron chi connectivity index (χ2n) is 6.62. The van der Waals surface area contributed by atoms with Crippen molar-refractivity contribution in [3.63, 3.8) is 0 Å². The second-order valence-corrected chi connectivity index (χ2v) is 6.62. The molecule has 0 aliphatic carbocycles. The molecular weight excluding hydrogens is 234 g/mol. The van der Waals surface area contributed by atoms with Gasteiger partial charge in [0, 0.05) is 25.2 Å². The summed E-state index contributed by atoms with van der Waals surface area (Å²) in [5.74, 6) is 0.456. The summed E-state index contributed by atoms with van der Waals surface area (Å²) in [6.45, 7) is 12.2. The van der Waals surface area contributed by atoms with Crippen molar-refractivity contribution in [3.05, 3.63) is 0 Å². The van der Waals surface area contributed by atoms with Crippen LogP contribution >= 0.6 is 0 Å². The molecule has 0 radical (unpaired) electrons. The largest absolute Gasteiger partial charge is 0.311 e. The summed E-state index contributed by atoms with van der Waals surface area (Å²) in [7, 11) is 0. The number of hydrogen-bond donors (Lipinski definition) is 1. The lowest BCUT2D eigenvalue weighted by molar-refractivity contribution is 0.00904. The van der Waals surface area contributed by atoms with Crippen molar-refractivity contribution >= 4 is 0 Å². The van der Waals surface area contributed by atoms with E-state index in [2.05, 4.69) is 39.9 Å². The smallest absolute Gasteiger partial charge is 0.251 e. The Labute approximate surface area is 110 Å². The minimum Gasteiger partial charge on any atom is -0.311 e. The maximum Gasteiger partial charge on any atom is 0.251 e. The molecule has 0 bridgehead atoms. The summed E-state index contributed by atoms with van der Waals surface area (Å²) in [6.07, 6.45) is -1.21. The molecule has 108 valence electrons. The van der Waals surface area contributed by atoms with E-state index in [0.717, 1.165) is 19.5 Å². The van der Waals surface area contributed by atoms with Gasteiger partial charge in [-0.1, -0.05) is 41.0 Å². The maximum atomic E-state index is 12.7. The predicted octanol–water partition coefficient (Wildman–Crippen LogP) is 2.99. The summed E-state index contributed by atoms with van der Waals surface area (Å²) in [5.41, 5.74) is 0.112. The molecule has 0 amide bonds. The number of alkyl halides is 2. The fraction of sp³-hybridized carbons (Fsp3) is 1.00. The molecule has 0 aromatic rings. The van der Waals surface area contributed by atoms with Crippen molar-refractivity contribution in [2.24, 2.45) is 11.3 Å². The molecule has 18 heavy (non-hydrogen) atoms. The topological polar surface area (TPSA) is 15.3 Å². The van der Waals surface area contributed by atoms with E-state index in [9.17, 15) is 8.78 Å². The molecule has 1 aliphatic heterocycles. The van der Waals surface area contributed by atoms with Gasteiger partial charge in [0.1, 0.15) is 0 Å². The Balaban J connectivity index is 2.72. The van der Waals surface area contributed by atoms with Crippen LogP contribution in [0.15, 0.2) is 0 Å². The number of rotatable bonds is 4. The molecular formula is C14H28F2N2. The third-order valence-electron chi connectivity index (χ3n) is 4.18. The van der Waals surface area contributed by atoms with Crippen molar-refractivity contribution in [3.8, 4) is 0 Å². The first kappa shape index (κ1) is 15.8. The lowest BCUT2D eigenvalue weighted by Gasteiger charge is -2.46. The Morgan fingerprint density at radius 3 is 2.39 bits per heavy atom. The van der Waals surface area contributed by atoms with Gasteiger partial charge in [0.15, 0.2) is 0 Å². The Hall–Kier alpha value is -0.220. The molecule has 1 heterocycles. The minimum absolute atomic E-state index is 0.0940. The highest BCUT2D eigenvalue weighted by Gasteiger charge is 2.36. The van der Waals surface area contributed by atoms with Crippen LogP contribution < -0.4 is 5.32 Å². The molecule has 1 aliphatic rings. The van der Waals surface area contributed by atoms with Gasteiger partial charge in [0.2, 0.25) is 0 Å². The Bertz CT molecular complexity index is 251. The average Bonchev–Trinajstić information content (AvgIpc) is 2.26. The molecule has 3 unspecified atom stereocenters. The fourth-order valence-electron chi connectivity index (χ4n) is 2.63. The molecule has 0 spiro atoms. The van der Waals surface area contributed by atoms with Crippen molar-refractivity contribution in [2.75, 3.05) is 19.6 Å². The van der Waals surface area contributed by atoms with Gasteiger partial charge >= 0.3 is 0 Å². The van der Waals surface area contributed by atoms with Crippen LogP contribution in [-0.4, -0.2) is 43.0 Å². The molecule has 3 atom stereocenters. The number of hydrogen-bond acceptors (Lipinski definition) is 2. The summed E-state index contributed by atoms with van der Waals surface area (Å²) in [6, 6.07) is 0.527. The Morgan fingerprint density at radius 2 is 1.94 bits per heavy atom. The zero-order valence-corrected chi connectivity index (χ0v) is 12.3. The second kappa shape index (κ2) is 6.29. The zero-order valence-electron chi connectivity index (χ0n) is 12.3. The van der Waals surface area contributed by atoms with Gasteiger partial charge in [0.25, 0.3) is 6.43 Å². The van der Waals surface area contributed by atoms with Crippen LogP contribution in [0.3, 0.4) is 0 Å². The highest BCUT2D eigenvalue weighted by Crippen LogP contribution is 2.26. The van der Waals surface area contributed by atoms with Crippen molar-refractivity contribution in [1.29, 1.82) is 0 Å². The number of halogens is 2. The van der Waals surface area contributed by atoms with E-state index in [-0.39, 0.29) is 24.0 Å². The van der Waals surface area contributed by atoms with E-state index in [1.807, 2.05) is 4.90 Å². The average molecular weight is 262 g/mol. The van der Waals surface area contributed by atoms with Crippen LogP contribution in [0.1, 0.15) is 41.0 Å². The van der Waals surface area contributed by atoms with Gasteiger partial charge in [0.05, 0.1) is 6.54 Å². The quantitative estimate of drug-likeness (QED) is 0.838. The van der Waals surface area contributed by atoms with E-state index in [1.54, 1.807) is 0 Å². The summed E-state index contributed by atoms with van der Waals surface area (Å²) < 4.78 is 25.4. The monoisotopic (exact) mass is 262 g/mol. The zero-order chi connectivity index (χ0) is 13.9. The Morgan fingerprint density at radius 1 is 1.33 bits per heavy atom. The standard InChI is InChI=1S/C14H28F2N2/c1-6-10(2)11-7-17-12(14(3,4)5)8-18(11)9-13(15)16/h10-13,17H,6-9H2,1-5H3. The molecule has 0 aromatic heterocycles. The van der Waals surface area contributed by atoms with Gasteiger partial charge in [-0.2, -0.15) is 0 Å². The number of nitrogens with zero attached hydrogens (tertiary/aromatic N) is 1. The molecule has 1 rings (SSSR count). The van der Waals surface area contributed by atoms with E-state index >= 15 is 0 Å². The van der Waals surface area contributed by atoms with Crippen LogP contribution in [0.2, 0.25) is 0 Å². The van der Waals surface area contributed by atoms with Crippen molar-refractivity contribution in [2.45, 2.75) is 59.5 Å². The van der Waals surface area contributed by atoms with E-state index < -0.39 is 6.43 Å². The van der Waals surface area contributed by atoms with Gasteiger partial charge in [-0.3, -0.25) is 4.90 Å². The van der Waals surface area contributed by atoms with Crippen molar-refractivity contribution in [1.82, 2.24) is 10.2 Å². The third kappa shape index (κ3) is 4.16. The third-order valence-corrected chi connectivity index (χ3v) is 4.18. The molecule has 0 aromatic carbocycles. The maximum absolute atomic E-state index is 12.7. The van der Waals surface area contributed by atoms with Gasteiger partial charge in [-0.15, -0.1) is 0 Å². The number of nitrogens with one attached hydrogen (secondary N) is 1. The summed E-state index contributed by atoms with van der Waals surface area (Å²) in [4.78, 5) is 1.99. The highest BCUT2D eigenvalue weighted by atomic mass is 19.3. The van der Waals surface area contributed by atoms with Crippen molar-refractivity contribution < 1.29 is 8.78 Å². The molecule has 0 saturated carbocycles. The summed E-state index contributed by atoms with van der Waals surface area (Å²) >= 11 is 0. The van der Waals surface area contributed by atoms with Gasteiger partial charge in [-0.25, -0.2) is 8.78 Å². The predicted molar refractivity (Wildman–Crippen MR) is 72.1 cm³/mol. The first-order valence-electron chi connectivity index (χ1n) is 7.01. The normalized spacial score (nSPS) is 28.7. The molecule has 1 saturated heterocycles. The molecule has 2 nitrogen and oxygen atoms in total. The first-order valence-corrected chi connectivity index (χ1v) is 7.01. The lowest BCUT2D eigenvalue weighted by Crippen LogP contribution is -2.62. The highest BCUT2D eigenvalue weighted by molar-refractivity contribution is 4.93. The van der Waals surface area contributed by atoms with Crippen LogP contribution in [0.5, 0.6) is 0 Å². The minimum atomic E-state index is -2.24. The Kier molecular flexibility index (Phi) is 5.53. The number of piperazine rings is 1. The molecule has 1 N–H and O–H groups in total. The molecule has 4 heteroatoms. The molecule has 1 fully saturated rings. The van der Waals surface area contributed by atoms with Gasteiger partial charge < -0.3 is 5.32 Å². The van der Waals surface area contributed by atoms with Crippen LogP contribution in [0.25, 0.3) is 0 Å². The fourth-order valence-corrected chi connectivity index (χ4v) is 2.63. The van der Waals surface area contributed by atoms with Crippen LogP contribution in [0.4, 0.5) is 8.78 Å². The van der Waals surface area contributed by atoms with E-state index in [1.165, 1.54) is 0 Å². The lowest BCUT2D eigenvalue weighted by atomic mass is 9.83. The first-order chi connectivity index (χ1) is 8.25.